The number of rotatable bonds is 6. The number of methoxy groups -OCH3 is 4. The van der Waals surface area contributed by atoms with E-state index in [1.54, 1.807) is 34.5 Å². The van der Waals surface area contributed by atoms with Crippen LogP contribution in [0.4, 0.5) is 11.6 Å². The summed E-state index contributed by atoms with van der Waals surface area (Å²) in [5.41, 5.74) is 3.11. The van der Waals surface area contributed by atoms with Crippen LogP contribution in [0.3, 0.4) is 0 Å². The number of ketones is 1. The number of allylic oxidation sites excluding steroid dienone is 1. The second-order valence-corrected chi connectivity index (χ2v) is 8.28. The van der Waals surface area contributed by atoms with Gasteiger partial charge in [0.25, 0.3) is 0 Å². The molecule has 2 aliphatic rings. The van der Waals surface area contributed by atoms with Gasteiger partial charge < -0.3 is 29.6 Å². The van der Waals surface area contributed by atoms with Crippen molar-refractivity contribution in [3.8, 4) is 23.0 Å². The highest BCUT2D eigenvalue weighted by Gasteiger charge is 2.39. The van der Waals surface area contributed by atoms with Crippen molar-refractivity contribution >= 4 is 17.4 Å². The van der Waals surface area contributed by atoms with Gasteiger partial charge in [0.1, 0.15) is 5.75 Å². The Labute approximate surface area is 202 Å². The number of Topliss-reactive ketones (excluding diaryl/α,β-unsaturated/α-hetero) is 1. The van der Waals surface area contributed by atoms with Crippen LogP contribution in [0.1, 0.15) is 35.9 Å². The number of benzene rings is 2. The number of carbonyl (C=O) groups is 1. The van der Waals surface area contributed by atoms with E-state index >= 15 is 0 Å². The van der Waals surface area contributed by atoms with Crippen molar-refractivity contribution in [3.05, 3.63) is 58.8 Å². The maximum atomic E-state index is 13.7. The number of carbonyl (C=O) groups excluding carboxylic acids is 1. The van der Waals surface area contributed by atoms with Crippen molar-refractivity contribution < 1.29 is 28.4 Å². The molecule has 10 heteroatoms. The molecular weight excluding hydrogens is 452 g/mol. The third-order valence-electron chi connectivity index (χ3n) is 6.47. The largest absolute Gasteiger partial charge is 0.497 e. The van der Waals surface area contributed by atoms with Crippen LogP contribution in [0.25, 0.3) is 0 Å². The van der Waals surface area contributed by atoms with E-state index < -0.39 is 6.04 Å². The van der Waals surface area contributed by atoms with Crippen LogP contribution >= 0.6 is 0 Å². The maximum Gasteiger partial charge on any atom is 0.219 e. The molecule has 0 radical (unpaired) electrons. The number of anilines is 2. The summed E-state index contributed by atoms with van der Waals surface area (Å²) in [5.74, 6) is 3.01. The molecule has 0 fully saturated rings. The van der Waals surface area contributed by atoms with E-state index in [4.69, 9.17) is 23.6 Å². The quantitative estimate of drug-likeness (QED) is 0.537. The van der Waals surface area contributed by atoms with Gasteiger partial charge in [-0.05, 0) is 52.5 Å². The van der Waals surface area contributed by atoms with E-state index in [-0.39, 0.29) is 11.7 Å². The van der Waals surface area contributed by atoms with Crippen molar-refractivity contribution in [2.24, 2.45) is 0 Å². The Hall–Kier alpha value is -4.21. The summed E-state index contributed by atoms with van der Waals surface area (Å²) in [6, 6.07) is 10.9. The molecule has 1 aliphatic carbocycles. The highest BCUT2D eigenvalue weighted by molar-refractivity contribution is 6.01. The lowest BCUT2D eigenvalue weighted by atomic mass is 9.78. The molecule has 3 aromatic rings. The first-order valence-electron chi connectivity index (χ1n) is 11.1. The minimum absolute atomic E-state index is 0.00554. The average Bonchev–Trinajstić information content (AvgIpc) is 3.26. The second-order valence-electron chi connectivity index (χ2n) is 8.28. The average molecular weight is 479 g/mol. The lowest BCUT2D eigenvalue weighted by Gasteiger charge is -2.30. The molecule has 10 nitrogen and oxygen atoms in total. The molecule has 1 aliphatic heterocycles. The molecule has 0 spiro atoms. The standard InChI is InChI=1S/C25H26N4O6/c1-31-15-7-5-13(6-8-15)14-11-17-20(18(30)12-14)21(27-25-24(26-17)28-35-29-25)16-9-10-19(32-2)23(34-4)22(16)33-3/h5-10,14,21H,11-12H2,1-4H3,(H,26,28)(H,27,29)/t14-,21+/m0/s1. The zero-order chi connectivity index (χ0) is 24.5. The second kappa shape index (κ2) is 9.21. The highest BCUT2D eigenvalue weighted by atomic mass is 16.6. The zero-order valence-electron chi connectivity index (χ0n) is 19.9. The van der Waals surface area contributed by atoms with E-state index in [0.29, 0.717) is 52.9 Å². The number of hydrogen-bond acceptors (Lipinski definition) is 10. The first-order valence-corrected chi connectivity index (χ1v) is 11.1. The topological polar surface area (TPSA) is 117 Å². The lowest BCUT2D eigenvalue weighted by Crippen LogP contribution is -2.27. The summed E-state index contributed by atoms with van der Waals surface area (Å²) >= 11 is 0. The van der Waals surface area contributed by atoms with Crippen molar-refractivity contribution in [2.75, 3.05) is 39.1 Å². The predicted octanol–water partition coefficient (Wildman–Crippen LogP) is 4.08. The SMILES string of the molecule is COc1ccc([C@@H]2CC(=O)C3=C(C2)Nc2nonc2N[C@@H]3c2ccc(OC)c(OC)c2OC)cc1. The fraction of sp³-hybridized carbons (Fsp3) is 0.320. The van der Waals surface area contributed by atoms with Crippen LogP contribution < -0.4 is 29.6 Å². The van der Waals surface area contributed by atoms with E-state index in [1.807, 2.05) is 30.3 Å². The highest BCUT2D eigenvalue weighted by Crippen LogP contribution is 2.49. The molecule has 2 atom stereocenters. The van der Waals surface area contributed by atoms with Crippen LogP contribution in [0.2, 0.25) is 0 Å². The molecule has 0 saturated heterocycles. The Kier molecular flexibility index (Phi) is 5.94. The van der Waals surface area contributed by atoms with Gasteiger partial charge in [0.05, 0.1) is 34.5 Å². The van der Waals surface area contributed by atoms with Crippen molar-refractivity contribution in [1.82, 2.24) is 10.3 Å². The fourth-order valence-electron chi connectivity index (χ4n) is 4.80. The Balaban J connectivity index is 1.62. The predicted molar refractivity (Wildman–Crippen MR) is 127 cm³/mol. The molecule has 2 heterocycles. The number of nitrogens with zero attached hydrogens (tertiary/aromatic N) is 2. The Bertz CT molecular complexity index is 1280. The monoisotopic (exact) mass is 478 g/mol. The molecule has 5 rings (SSSR count). The minimum Gasteiger partial charge on any atom is -0.497 e. The number of ether oxygens (including phenoxy) is 4. The molecule has 0 amide bonds. The normalized spacial score (nSPS) is 19.0. The first kappa shape index (κ1) is 22.6. The minimum atomic E-state index is -0.579. The number of fused-ring (bicyclic) bond motifs is 1. The third kappa shape index (κ3) is 3.90. The summed E-state index contributed by atoms with van der Waals surface area (Å²) in [5, 5.41) is 14.6. The van der Waals surface area contributed by atoms with E-state index in [0.717, 1.165) is 17.0 Å². The molecule has 35 heavy (non-hydrogen) atoms. The van der Waals surface area contributed by atoms with Gasteiger partial charge in [-0.1, -0.05) is 12.1 Å². The first-order chi connectivity index (χ1) is 17.1. The molecular formula is C25H26N4O6. The van der Waals surface area contributed by atoms with Gasteiger partial charge in [0.15, 0.2) is 17.3 Å². The van der Waals surface area contributed by atoms with Crippen molar-refractivity contribution in [2.45, 2.75) is 24.8 Å². The number of aromatic nitrogens is 2. The molecule has 2 N–H and O–H groups in total. The van der Waals surface area contributed by atoms with Crippen LogP contribution in [0.5, 0.6) is 23.0 Å². The van der Waals surface area contributed by atoms with Gasteiger partial charge in [-0.25, -0.2) is 4.63 Å². The van der Waals surface area contributed by atoms with Crippen LogP contribution in [0, 0.1) is 0 Å². The third-order valence-corrected chi connectivity index (χ3v) is 6.47. The van der Waals surface area contributed by atoms with Gasteiger partial charge in [0.2, 0.25) is 17.4 Å². The van der Waals surface area contributed by atoms with E-state index in [2.05, 4.69) is 20.9 Å². The maximum absolute atomic E-state index is 13.7. The summed E-state index contributed by atoms with van der Waals surface area (Å²) < 4.78 is 27.0. The zero-order valence-corrected chi connectivity index (χ0v) is 19.9. The number of nitrogens with one attached hydrogen (secondary N) is 2. The van der Waals surface area contributed by atoms with Crippen LogP contribution in [-0.4, -0.2) is 44.5 Å². The summed E-state index contributed by atoms with van der Waals surface area (Å²) in [7, 11) is 6.28. The van der Waals surface area contributed by atoms with Gasteiger partial charge in [-0.15, -0.1) is 0 Å². The van der Waals surface area contributed by atoms with Crippen LogP contribution in [-0.2, 0) is 4.79 Å². The van der Waals surface area contributed by atoms with Gasteiger partial charge in [0, 0.05) is 23.3 Å². The van der Waals surface area contributed by atoms with Crippen LogP contribution in [0.15, 0.2) is 52.3 Å². The fourth-order valence-corrected chi connectivity index (χ4v) is 4.80. The lowest BCUT2D eigenvalue weighted by molar-refractivity contribution is -0.116. The number of hydrogen-bond donors (Lipinski definition) is 2. The molecule has 0 unspecified atom stereocenters. The van der Waals surface area contributed by atoms with Crippen molar-refractivity contribution in [3.63, 3.8) is 0 Å². The van der Waals surface area contributed by atoms with E-state index in [9.17, 15) is 4.79 Å². The summed E-state index contributed by atoms with van der Waals surface area (Å²) in [6.45, 7) is 0. The van der Waals surface area contributed by atoms with E-state index in [1.165, 1.54) is 0 Å². The summed E-state index contributed by atoms with van der Waals surface area (Å²) in [4.78, 5) is 13.7. The molecule has 0 saturated carbocycles. The molecule has 182 valence electrons. The van der Waals surface area contributed by atoms with Gasteiger partial charge in [-0.3, -0.25) is 4.79 Å². The van der Waals surface area contributed by atoms with Gasteiger partial charge >= 0.3 is 0 Å². The summed E-state index contributed by atoms with van der Waals surface area (Å²) in [6.07, 6.45) is 0.962. The Morgan fingerprint density at radius 3 is 2.29 bits per heavy atom. The van der Waals surface area contributed by atoms with Gasteiger partial charge in [-0.2, -0.15) is 0 Å². The Morgan fingerprint density at radius 1 is 0.857 bits per heavy atom. The molecule has 0 bridgehead atoms. The van der Waals surface area contributed by atoms with Crippen molar-refractivity contribution in [1.29, 1.82) is 0 Å². The Morgan fingerprint density at radius 2 is 1.60 bits per heavy atom. The smallest absolute Gasteiger partial charge is 0.219 e. The molecule has 2 aromatic carbocycles. The molecule has 1 aromatic heterocycles.